The van der Waals surface area contributed by atoms with Crippen LogP contribution in [0.25, 0.3) is 0 Å². The molecule has 0 saturated heterocycles. The fourth-order valence-corrected chi connectivity index (χ4v) is 13.3. The van der Waals surface area contributed by atoms with Crippen LogP contribution in [0.15, 0.2) is 31.1 Å². The van der Waals surface area contributed by atoms with Crippen LogP contribution in [0.4, 0.5) is 0 Å². The normalized spacial score (nSPS) is 12.9. The fraction of sp³-hybridized carbons (Fsp3) is 0.429. The molecule has 6 heteroatoms. The lowest BCUT2D eigenvalue weighted by molar-refractivity contribution is 1.49. The number of rotatable bonds is 4. The highest BCUT2D eigenvalue weighted by molar-refractivity contribution is 9.10. The van der Waals surface area contributed by atoms with Crippen molar-refractivity contribution in [3.05, 3.63) is 21.3 Å². The van der Waals surface area contributed by atoms with E-state index in [1.807, 2.05) is 11.8 Å². The Bertz CT molecular complexity index is 589. The van der Waals surface area contributed by atoms with Crippen LogP contribution < -0.4 is 9.00 Å². The van der Waals surface area contributed by atoms with Gasteiger partial charge in [0.15, 0.2) is 0 Å². The summed E-state index contributed by atoms with van der Waals surface area (Å²) in [5, 5.41) is 4.41. The Kier molecular flexibility index (Phi) is 5.14. The summed E-state index contributed by atoms with van der Waals surface area (Å²) in [7, 11) is -2.59. The van der Waals surface area contributed by atoms with E-state index in [1.54, 1.807) is 20.3 Å². The van der Waals surface area contributed by atoms with Gasteiger partial charge in [-0.15, -0.1) is 0 Å². The van der Waals surface area contributed by atoms with E-state index < -0.39 is 16.1 Å². The first-order valence-electron chi connectivity index (χ1n) is 6.64. The first kappa shape index (κ1) is 17.0. The van der Waals surface area contributed by atoms with Gasteiger partial charge in [0.2, 0.25) is 0 Å². The van der Waals surface area contributed by atoms with E-state index in [-0.39, 0.29) is 0 Å². The molecule has 2 aromatic heterocycles. The van der Waals surface area contributed by atoms with Crippen LogP contribution in [0.1, 0.15) is 0 Å². The minimum atomic E-state index is -1.31. The molecular formula is C14H21BrS3Si2. The summed E-state index contributed by atoms with van der Waals surface area (Å²) in [6.45, 7) is 14.7. The second-order valence-corrected chi connectivity index (χ2v) is 21.4. The van der Waals surface area contributed by atoms with E-state index in [1.165, 1.54) is 14.3 Å². The lowest BCUT2D eigenvalue weighted by Gasteiger charge is -2.16. The van der Waals surface area contributed by atoms with E-state index in [2.05, 4.69) is 83.4 Å². The molecule has 0 N–H and O–H groups in total. The smallest absolute Gasteiger partial charge is 0.0919 e. The van der Waals surface area contributed by atoms with E-state index in [0.717, 1.165) is 0 Å². The molecule has 0 atom stereocenters. The number of hydrogen-bond acceptors (Lipinski definition) is 3. The van der Waals surface area contributed by atoms with Crippen LogP contribution >= 0.6 is 50.4 Å². The fourth-order valence-electron chi connectivity index (χ4n) is 1.89. The zero-order valence-corrected chi connectivity index (χ0v) is 18.9. The summed E-state index contributed by atoms with van der Waals surface area (Å²) in [4.78, 5) is 2.86. The molecular weight excluding hydrogens is 400 g/mol. The molecule has 0 aliphatic heterocycles. The van der Waals surface area contributed by atoms with Gasteiger partial charge in [-0.3, -0.25) is 0 Å². The number of hydrogen-bond donors (Lipinski definition) is 0. The van der Waals surface area contributed by atoms with Gasteiger partial charge in [0.25, 0.3) is 0 Å². The van der Waals surface area contributed by atoms with Crippen molar-refractivity contribution in [2.24, 2.45) is 0 Å². The highest BCUT2D eigenvalue weighted by Crippen LogP contribution is 2.37. The Morgan fingerprint density at radius 3 is 2.05 bits per heavy atom. The summed E-state index contributed by atoms with van der Waals surface area (Å²) in [5.41, 5.74) is 0. The largest absolute Gasteiger partial charge is 0.152 e. The molecule has 0 amide bonds. The predicted octanol–water partition coefficient (Wildman–Crippen LogP) is 5.81. The van der Waals surface area contributed by atoms with Crippen molar-refractivity contribution < 1.29 is 0 Å². The molecule has 0 unspecified atom stereocenters. The lowest BCUT2D eigenvalue weighted by atomic mass is 10.6. The first-order valence-corrected chi connectivity index (χ1v) is 17.0. The molecule has 2 rings (SSSR count). The molecule has 0 aliphatic rings. The first-order chi connectivity index (χ1) is 9.10. The standard InChI is InChI=1S/C14H21BrS3Si2/c1-19(2,3)13-11(15)12(14(18-13)20(4,5)6)17-10-7-8-16-9-10/h7-9H,1-6H3. The Morgan fingerprint density at radius 2 is 1.60 bits per heavy atom. The quantitative estimate of drug-likeness (QED) is 0.561. The van der Waals surface area contributed by atoms with E-state index in [4.69, 9.17) is 0 Å². The molecule has 0 aliphatic carbocycles. The third kappa shape index (κ3) is 3.70. The second-order valence-electron chi connectivity index (χ2n) is 6.96. The van der Waals surface area contributed by atoms with Crippen LogP contribution in [0.3, 0.4) is 0 Å². The van der Waals surface area contributed by atoms with E-state index >= 15 is 0 Å². The Balaban J connectivity index is 2.55. The number of thiophene rings is 2. The molecule has 0 fully saturated rings. The average Bonchev–Trinajstić information content (AvgIpc) is 2.86. The zero-order valence-electron chi connectivity index (χ0n) is 12.8. The molecule has 2 aromatic rings. The summed E-state index contributed by atoms with van der Waals surface area (Å²) in [6, 6.07) is 2.22. The minimum Gasteiger partial charge on any atom is -0.152 e. The average molecular weight is 422 g/mol. The summed E-state index contributed by atoms with van der Waals surface area (Å²) in [6.07, 6.45) is 0. The second kappa shape index (κ2) is 6.04. The predicted molar refractivity (Wildman–Crippen MR) is 106 cm³/mol. The van der Waals surface area contributed by atoms with Gasteiger partial charge in [-0.2, -0.15) is 22.7 Å². The molecule has 0 saturated carbocycles. The summed E-state index contributed by atoms with van der Waals surface area (Å²) >= 11 is 9.73. The maximum atomic E-state index is 3.93. The highest BCUT2D eigenvalue weighted by Gasteiger charge is 2.32. The van der Waals surface area contributed by atoms with Gasteiger partial charge in [-0.05, 0) is 27.4 Å². The van der Waals surface area contributed by atoms with Gasteiger partial charge in [0.1, 0.15) is 0 Å². The van der Waals surface area contributed by atoms with Gasteiger partial charge in [0, 0.05) is 28.6 Å². The van der Waals surface area contributed by atoms with Gasteiger partial charge < -0.3 is 0 Å². The van der Waals surface area contributed by atoms with Crippen molar-refractivity contribution >= 4 is 75.5 Å². The zero-order chi connectivity index (χ0) is 15.1. The molecule has 2 heterocycles. The van der Waals surface area contributed by atoms with Crippen LogP contribution in [-0.4, -0.2) is 16.1 Å². The van der Waals surface area contributed by atoms with Crippen molar-refractivity contribution in [1.29, 1.82) is 0 Å². The monoisotopic (exact) mass is 420 g/mol. The number of halogens is 1. The van der Waals surface area contributed by atoms with Gasteiger partial charge in [0.05, 0.1) is 16.1 Å². The third-order valence-electron chi connectivity index (χ3n) is 2.89. The van der Waals surface area contributed by atoms with Crippen LogP contribution in [-0.2, 0) is 0 Å². The highest BCUT2D eigenvalue weighted by atomic mass is 79.9. The summed E-state index contributed by atoms with van der Waals surface area (Å²) < 4.78 is 4.65. The molecule has 0 radical (unpaired) electrons. The molecule has 0 spiro atoms. The van der Waals surface area contributed by atoms with Gasteiger partial charge in [-0.25, -0.2) is 0 Å². The Labute approximate surface area is 145 Å². The van der Waals surface area contributed by atoms with Crippen molar-refractivity contribution in [1.82, 2.24) is 0 Å². The van der Waals surface area contributed by atoms with Crippen molar-refractivity contribution in [3.8, 4) is 0 Å². The third-order valence-corrected chi connectivity index (χ3v) is 15.1. The Hall–Kier alpha value is 0.664. The molecule has 20 heavy (non-hydrogen) atoms. The molecule has 0 bridgehead atoms. The van der Waals surface area contributed by atoms with Gasteiger partial charge in [-0.1, -0.05) is 51.0 Å². The van der Waals surface area contributed by atoms with Gasteiger partial charge >= 0.3 is 0 Å². The van der Waals surface area contributed by atoms with E-state index in [9.17, 15) is 0 Å². The molecule has 0 aromatic carbocycles. The lowest BCUT2D eigenvalue weighted by Crippen LogP contribution is -2.38. The summed E-state index contributed by atoms with van der Waals surface area (Å²) in [5.74, 6) is 0. The topological polar surface area (TPSA) is 0 Å². The molecule has 110 valence electrons. The minimum absolute atomic E-state index is 1.29. The van der Waals surface area contributed by atoms with Crippen molar-refractivity contribution in [2.45, 2.75) is 49.1 Å². The maximum Gasteiger partial charge on any atom is 0.0919 e. The van der Waals surface area contributed by atoms with E-state index in [0.29, 0.717) is 0 Å². The Morgan fingerprint density at radius 1 is 1.00 bits per heavy atom. The van der Waals surface area contributed by atoms with Crippen molar-refractivity contribution in [3.63, 3.8) is 0 Å². The van der Waals surface area contributed by atoms with Crippen LogP contribution in [0, 0.1) is 0 Å². The van der Waals surface area contributed by atoms with Crippen molar-refractivity contribution in [2.75, 3.05) is 0 Å². The van der Waals surface area contributed by atoms with Crippen LogP contribution in [0.5, 0.6) is 0 Å². The molecule has 0 nitrogen and oxygen atoms in total. The SMILES string of the molecule is C[Si](C)(C)c1sc([Si](C)(C)C)c(Sc2ccsc2)c1Br. The van der Waals surface area contributed by atoms with Crippen LogP contribution in [0.2, 0.25) is 39.3 Å². The maximum absolute atomic E-state index is 3.93.